The van der Waals surface area contributed by atoms with Crippen molar-refractivity contribution in [2.45, 2.75) is 139 Å². The zero-order chi connectivity index (χ0) is 48.6. The molecule has 1 aliphatic carbocycles. The van der Waals surface area contributed by atoms with Crippen LogP contribution in [0.2, 0.25) is 0 Å². The van der Waals surface area contributed by atoms with Gasteiger partial charge in [0.05, 0.1) is 6.42 Å². The summed E-state index contributed by atoms with van der Waals surface area (Å²) < 4.78 is 0. The van der Waals surface area contributed by atoms with Gasteiger partial charge in [0.2, 0.25) is 47.3 Å². The highest BCUT2D eigenvalue weighted by Gasteiger charge is 2.46. The van der Waals surface area contributed by atoms with E-state index >= 15 is 0 Å². The quantitative estimate of drug-likeness (QED) is 0.114. The Balaban J connectivity index is 1.33. The molecular formula is C51H65N9O8. The second-order valence-corrected chi connectivity index (χ2v) is 18.1. The monoisotopic (exact) mass is 931 g/mol. The zero-order valence-electron chi connectivity index (χ0n) is 38.9. The van der Waals surface area contributed by atoms with Crippen LogP contribution in [0.1, 0.15) is 107 Å². The van der Waals surface area contributed by atoms with Crippen LogP contribution in [0.25, 0.3) is 10.9 Å². The lowest BCUT2D eigenvalue weighted by Gasteiger charge is -2.41. The predicted molar refractivity (Wildman–Crippen MR) is 256 cm³/mol. The summed E-state index contributed by atoms with van der Waals surface area (Å²) in [5.41, 5.74) is 7.52. The van der Waals surface area contributed by atoms with Crippen LogP contribution in [0, 0.1) is 0 Å². The Morgan fingerprint density at radius 1 is 0.735 bits per heavy atom. The number of aromatic amines is 1. The largest absolute Gasteiger partial charge is 0.368 e. The molecule has 0 bridgehead atoms. The van der Waals surface area contributed by atoms with Gasteiger partial charge in [0.15, 0.2) is 0 Å². The van der Waals surface area contributed by atoms with Crippen LogP contribution >= 0.6 is 0 Å². The number of carbonyl (C=O) groups is 8. The topological polar surface area (TPSA) is 263 Å². The van der Waals surface area contributed by atoms with Gasteiger partial charge in [0.25, 0.3) is 0 Å². The van der Waals surface area contributed by atoms with E-state index in [1.807, 2.05) is 67.6 Å². The first kappa shape index (κ1) is 50.4. The van der Waals surface area contributed by atoms with Crippen LogP contribution in [0.3, 0.4) is 0 Å². The maximum atomic E-state index is 15.0. The van der Waals surface area contributed by atoms with E-state index in [-0.39, 0.29) is 51.0 Å². The minimum absolute atomic E-state index is 0.0137. The van der Waals surface area contributed by atoms with E-state index in [9.17, 15) is 38.4 Å². The van der Waals surface area contributed by atoms with Crippen molar-refractivity contribution in [2.24, 2.45) is 5.73 Å². The highest BCUT2D eigenvalue weighted by Crippen LogP contribution is 2.38. The predicted octanol–water partition coefficient (Wildman–Crippen LogP) is 2.98. The summed E-state index contributed by atoms with van der Waals surface area (Å²) in [4.78, 5) is 114. The number of para-hydroxylation sites is 1. The molecule has 68 heavy (non-hydrogen) atoms. The molecule has 1 unspecified atom stereocenters. The van der Waals surface area contributed by atoms with Crippen LogP contribution in [0.5, 0.6) is 0 Å². The van der Waals surface area contributed by atoms with Gasteiger partial charge in [0.1, 0.15) is 35.7 Å². The summed E-state index contributed by atoms with van der Waals surface area (Å²) >= 11 is 0. The fourth-order valence-corrected chi connectivity index (χ4v) is 8.99. The van der Waals surface area contributed by atoms with Crippen LogP contribution in [0.15, 0.2) is 91.1 Å². The van der Waals surface area contributed by atoms with Crippen molar-refractivity contribution >= 4 is 58.2 Å². The van der Waals surface area contributed by atoms with Gasteiger partial charge in [0, 0.05) is 42.9 Å². The summed E-state index contributed by atoms with van der Waals surface area (Å²) in [5.74, 6) is -5.13. The number of carbonyl (C=O) groups excluding carboxylic acids is 8. The number of fused-ring (bicyclic) bond motifs is 1. The van der Waals surface area contributed by atoms with Crippen molar-refractivity contribution in [3.8, 4) is 0 Å². The van der Waals surface area contributed by atoms with Crippen molar-refractivity contribution in [2.75, 3.05) is 6.54 Å². The first-order valence-electron chi connectivity index (χ1n) is 23.8. The minimum atomic E-state index is -1.56. The molecule has 17 heteroatoms. The van der Waals surface area contributed by atoms with Gasteiger partial charge >= 0.3 is 0 Å². The molecule has 362 valence electrons. The summed E-state index contributed by atoms with van der Waals surface area (Å²) in [6.45, 7) is 3.53. The molecule has 17 nitrogen and oxygen atoms in total. The standard InChI is InChI=1S/C51H65N9O8/c1-3-4-22-43(61)56-42-30-44(62)53-27-14-13-21-39(45(52)63)57-48(66)41(29-36-31-54-38-20-12-11-19-37(36)38)58-46(64)32(2)55-47(65)40(28-33-15-7-5-8-16-33)59-50(68)51(60-49(42)67)25-23-35(24-26-51)34-17-9-6-10-18-34/h5-12,15-20,31-32,35,39-42,54H,3-4,13-14,21-30H2,1-2H3,(H2,52,63)(H,53,62)(H,55,65)(H,56,61)(H,57,66)(H,58,64)(H,59,68)(H,60,67)/t32-,35?,39?,40+,41-,42-,51?/m0/s1. The Hall–Kier alpha value is -7.04. The number of unbranched alkanes of at least 4 members (excludes halogenated alkanes) is 1. The van der Waals surface area contributed by atoms with Crippen LogP contribution in [-0.4, -0.2) is 94.5 Å². The van der Waals surface area contributed by atoms with Gasteiger partial charge in [-0.15, -0.1) is 0 Å². The third kappa shape index (κ3) is 13.8. The molecule has 5 atom stereocenters. The van der Waals surface area contributed by atoms with Crippen molar-refractivity contribution in [3.05, 3.63) is 108 Å². The van der Waals surface area contributed by atoms with Gasteiger partial charge in [-0.05, 0) is 87.0 Å². The van der Waals surface area contributed by atoms with Crippen molar-refractivity contribution in [3.63, 3.8) is 0 Å². The Labute approximate surface area is 396 Å². The Morgan fingerprint density at radius 2 is 1.40 bits per heavy atom. The summed E-state index contributed by atoms with van der Waals surface area (Å²) in [5, 5.41) is 20.5. The lowest BCUT2D eigenvalue weighted by molar-refractivity contribution is -0.140. The Bertz CT molecular complexity index is 2400. The van der Waals surface area contributed by atoms with Gasteiger partial charge in [-0.1, -0.05) is 92.2 Å². The fraction of sp³-hybridized carbons (Fsp3) is 0.451. The molecule has 1 aliphatic heterocycles. The molecule has 6 rings (SSSR count). The third-order valence-electron chi connectivity index (χ3n) is 13.0. The smallest absolute Gasteiger partial charge is 0.246 e. The molecule has 1 aromatic heterocycles. The summed E-state index contributed by atoms with van der Waals surface area (Å²) in [7, 11) is 0. The Kier molecular flexibility index (Phi) is 17.9. The maximum Gasteiger partial charge on any atom is 0.246 e. The van der Waals surface area contributed by atoms with Gasteiger partial charge in [-0.25, -0.2) is 0 Å². The molecular weight excluding hydrogens is 867 g/mol. The molecule has 3 aromatic carbocycles. The highest BCUT2D eigenvalue weighted by atomic mass is 16.2. The molecule has 1 saturated heterocycles. The van der Waals surface area contributed by atoms with E-state index in [4.69, 9.17) is 5.73 Å². The summed E-state index contributed by atoms with van der Waals surface area (Å²) in [6.07, 6.45) is 4.95. The van der Waals surface area contributed by atoms with Gasteiger partial charge in [-0.3, -0.25) is 38.4 Å². The molecule has 0 radical (unpaired) electrons. The lowest BCUT2D eigenvalue weighted by Crippen LogP contribution is -2.66. The third-order valence-corrected chi connectivity index (χ3v) is 13.0. The highest BCUT2D eigenvalue weighted by molar-refractivity contribution is 5.99. The van der Waals surface area contributed by atoms with Crippen LogP contribution in [0.4, 0.5) is 0 Å². The normalized spacial score (nSPS) is 25.2. The average molecular weight is 932 g/mol. The van der Waals surface area contributed by atoms with Crippen molar-refractivity contribution in [1.82, 2.24) is 42.2 Å². The van der Waals surface area contributed by atoms with Crippen LogP contribution < -0.4 is 43.0 Å². The van der Waals surface area contributed by atoms with Gasteiger partial charge in [-0.2, -0.15) is 0 Å². The molecule has 2 heterocycles. The number of nitrogens with two attached hydrogens (primary N) is 1. The fourth-order valence-electron chi connectivity index (χ4n) is 8.99. The molecule has 10 N–H and O–H groups in total. The molecule has 1 spiro atoms. The number of nitrogens with one attached hydrogen (secondary N) is 8. The van der Waals surface area contributed by atoms with E-state index < -0.39 is 89.4 Å². The number of rotatable bonds is 10. The molecule has 2 fully saturated rings. The van der Waals surface area contributed by atoms with Crippen molar-refractivity contribution in [1.29, 1.82) is 0 Å². The number of primary amides is 1. The van der Waals surface area contributed by atoms with Crippen LogP contribution in [-0.2, 0) is 51.2 Å². The number of aromatic nitrogens is 1. The average Bonchev–Trinajstić information content (AvgIpc) is 3.74. The zero-order valence-corrected chi connectivity index (χ0v) is 38.9. The number of hydrogen-bond acceptors (Lipinski definition) is 8. The van der Waals surface area contributed by atoms with Gasteiger partial charge < -0.3 is 47.9 Å². The van der Waals surface area contributed by atoms with E-state index in [2.05, 4.69) is 42.2 Å². The summed E-state index contributed by atoms with van der Waals surface area (Å²) in [6, 6.07) is 20.2. The second kappa shape index (κ2) is 24.1. The first-order valence-corrected chi connectivity index (χ1v) is 23.8. The second-order valence-electron chi connectivity index (χ2n) is 18.1. The van der Waals surface area contributed by atoms with E-state index in [1.54, 1.807) is 30.5 Å². The van der Waals surface area contributed by atoms with Crippen molar-refractivity contribution < 1.29 is 38.4 Å². The molecule has 2 aliphatic rings. The Morgan fingerprint density at radius 3 is 2.10 bits per heavy atom. The molecule has 1 saturated carbocycles. The van der Waals surface area contributed by atoms with E-state index in [0.29, 0.717) is 43.2 Å². The van der Waals surface area contributed by atoms with E-state index in [0.717, 1.165) is 22.9 Å². The number of amides is 8. The molecule has 8 amide bonds. The lowest BCUT2D eigenvalue weighted by atomic mass is 9.73. The number of H-pyrrole nitrogens is 1. The minimum Gasteiger partial charge on any atom is -0.368 e. The van der Waals surface area contributed by atoms with E-state index in [1.165, 1.54) is 6.92 Å². The molecule has 4 aromatic rings. The SMILES string of the molecule is CCCCC(=O)N[C@H]1CC(=O)NCCCCC(C(N)=O)NC(=O)[C@H](Cc2c[nH]c3ccccc23)NC(=O)[C@H](C)NC(=O)[C@@H](Cc2ccccc2)NC(=O)C2(CCC(c3ccccc3)CC2)NC1=O. The number of hydrogen-bond donors (Lipinski definition) is 9. The first-order chi connectivity index (χ1) is 32.7. The maximum absolute atomic E-state index is 15.0. The number of benzene rings is 3.